The van der Waals surface area contributed by atoms with Crippen LogP contribution in [0.3, 0.4) is 0 Å². The number of nitro groups is 1. The number of amides is 1. The second-order valence-electron chi connectivity index (χ2n) is 5.45. The zero-order chi connectivity index (χ0) is 20.0. The summed E-state index contributed by atoms with van der Waals surface area (Å²) in [5, 5.41) is 13.3. The standard InChI is InChI=1S/C18H18N2O7/c1-11-4-5-12(8-16(11)26-3)18(22)27-10-17(21)19-14-9-13(20(23)24)6-7-15(14)25-2/h4-9H,10H2,1-3H3,(H,19,21). The van der Waals surface area contributed by atoms with Crippen molar-refractivity contribution in [1.29, 1.82) is 0 Å². The van der Waals surface area contributed by atoms with Crippen LogP contribution in [0.25, 0.3) is 0 Å². The number of hydrogen-bond acceptors (Lipinski definition) is 7. The normalized spacial score (nSPS) is 10.0. The lowest BCUT2D eigenvalue weighted by atomic mass is 10.1. The van der Waals surface area contributed by atoms with E-state index in [1.165, 1.54) is 32.4 Å². The van der Waals surface area contributed by atoms with Gasteiger partial charge in [0, 0.05) is 12.1 Å². The molecule has 0 spiro atoms. The maximum absolute atomic E-state index is 12.1. The van der Waals surface area contributed by atoms with Crippen LogP contribution in [-0.2, 0) is 9.53 Å². The molecule has 0 saturated heterocycles. The number of ether oxygens (including phenoxy) is 3. The summed E-state index contributed by atoms with van der Waals surface area (Å²) in [5.74, 6) is -0.602. The highest BCUT2D eigenvalue weighted by molar-refractivity contribution is 5.96. The summed E-state index contributed by atoms with van der Waals surface area (Å²) in [6.07, 6.45) is 0. The number of nitrogens with one attached hydrogen (secondary N) is 1. The van der Waals surface area contributed by atoms with Crippen molar-refractivity contribution in [1.82, 2.24) is 0 Å². The van der Waals surface area contributed by atoms with Gasteiger partial charge in [-0.25, -0.2) is 4.79 Å². The first-order valence-electron chi connectivity index (χ1n) is 7.79. The summed E-state index contributed by atoms with van der Waals surface area (Å²) in [5.41, 5.74) is 0.974. The van der Waals surface area contributed by atoms with Crippen molar-refractivity contribution in [2.75, 3.05) is 26.1 Å². The van der Waals surface area contributed by atoms with Gasteiger partial charge in [-0.3, -0.25) is 14.9 Å². The molecule has 0 atom stereocenters. The van der Waals surface area contributed by atoms with Crippen LogP contribution >= 0.6 is 0 Å². The van der Waals surface area contributed by atoms with Gasteiger partial charge in [0.25, 0.3) is 11.6 Å². The van der Waals surface area contributed by atoms with Crippen molar-refractivity contribution in [2.24, 2.45) is 0 Å². The minimum atomic E-state index is -0.700. The number of nitrogens with zero attached hydrogens (tertiary/aromatic N) is 1. The fraction of sp³-hybridized carbons (Fsp3) is 0.222. The molecule has 0 fully saturated rings. The fourth-order valence-corrected chi connectivity index (χ4v) is 2.25. The van der Waals surface area contributed by atoms with E-state index < -0.39 is 23.4 Å². The van der Waals surface area contributed by atoms with Gasteiger partial charge in [0.15, 0.2) is 6.61 Å². The summed E-state index contributed by atoms with van der Waals surface area (Å²) in [6.45, 7) is 1.26. The summed E-state index contributed by atoms with van der Waals surface area (Å²) in [7, 11) is 2.85. The van der Waals surface area contributed by atoms with E-state index in [4.69, 9.17) is 14.2 Å². The Bertz CT molecular complexity index is 880. The third-order valence-electron chi connectivity index (χ3n) is 3.65. The van der Waals surface area contributed by atoms with Gasteiger partial charge in [-0.1, -0.05) is 6.07 Å². The number of nitro benzene ring substituents is 1. The first-order chi connectivity index (χ1) is 12.8. The minimum absolute atomic E-state index is 0.102. The van der Waals surface area contributed by atoms with Crippen LogP contribution in [-0.4, -0.2) is 37.6 Å². The Morgan fingerprint density at radius 1 is 1.07 bits per heavy atom. The number of carbonyl (C=O) groups is 2. The number of anilines is 1. The average molecular weight is 374 g/mol. The molecular weight excluding hydrogens is 356 g/mol. The van der Waals surface area contributed by atoms with Crippen LogP contribution < -0.4 is 14.8 Å². The SMILES string of the molecule is COc1cc(C(=O)OCC(=O)Nc2cc([N+](=O)[O-])ccc2OC)ccc1C. The molecule has 9 heteroatoms. The van der Waals surface area contributed by atoms with Gasteiger partial charge in [0.1, 0.15) is 11.5 Å². The number of methoxy groups -OCH3 is 2. The Morgan fingerprint density at radius 2 is 1.78 bits per heavy atom. The van der Waals surface area contributed by atoms with E-state index in [-0.39, 0.29) is 22.7 Å². The molecule has 0 aliphatic heterocycles. The Kier molecular flexibility index (Phi) is 6.32. The van der Waals surface area contributed by atoms with Gasteiger partial charge in [-0.05, 0) is 30.7 Å². The molecule has 2 rings (SSSR count). The number of non-ortho nitro benzene ring substituents is 1. The number of rotatable bonds is 7. The molecule has 0 aliphatic carbocycles. The summed E-state index contributed by atoms with van der Waals surface area (Å²) in [6, 6.07) is 8.53. The molecule has 0 heterocycles. The van der Waals surface area contributed by atoms with Gasteiger partial charge in [0.05, 0.1) is 30.4 Å². The first kappa shape index (κ1) is 19.7. The van der Waals surface area contributed by atoms with E-state index in [2.05, 4.69) is 5.32 Å². The molecule has 0 unspecified atom stereocenters. The van der Waals surface area contributed by atoms with Crippen molar-refractivity contribution in [3.05, 3.63) is 57.6 Å². The molecule has 27 heavy (non-hydrogen) atoms. The van der Waals surface area contributed by atoms with Crippen LogP contribution in [0, 0.1) is 17.0 Å². The zero-order valence-electron chi connectivity index (χ0n) is 15.0. The molecule has 2 aromatic carbocycles. The Balaban J connectivity index is 2.03. The van der Waals surface area contributed by atoms with Crippen LogP contribution in [0.15, 0.2) is 36.4 Å². The molecule has 0 aliphatic rings. The zero-order valence-corrected chi connectivity index (χ0v) is 15.0. The molecule has 1 N–H and O–H groups in total. The van der Waals surface area contributed by atoms with E-state index in [0.717, 1.165) is 11.6 Å². The molecule has 142 valence electrons. The summed E-state index contributed by atoms with van der Waals surface area (Å²) < 4.78 is 15.2. The van der Waals surface area contributed by atoms with E-state index in [0.29, 0.717) is 5.75 Å². The van der Waals surface area contributed by atoms with Gasteiger partial charge < -0.3 is 19.5 Å². The van der Waals surface area contributed by atoms with Crippen molar-refractivity contribution in [2.45, 2.75) is 6.92 Å². The lowest BCUT2D eigenvalue weighted by Crippen LogP contribution is -2.21. The molecule has 0 bridgehead atoms. The quantitative estimate of drug-likeness (QED) is 0.450. The predicted molar refractivity (Wildman–Crippen MR) is 96.3 cm³/mol. The van der Waals surface area contributed by atoms with Crippen LogP contribution in [0.4, 0.5) is 11.4 Å². The predicted octanol–water partition coefficient (Wildman–Crippen LogP) is 2.72. The Morgan fingerprint density at radius 3 is 2.41 bits per heavy atom. The number of esters is 1. The topological polar surface area (TPSA) is 117 Å². The monoisotopic (exact) mass is 374 g/mol. The fourth-order valence-electron chi connectivity index (χ4n) is 2.25. The highest BCUT2D eigenvalue weighted by atomic mass is 16.6. The largest absolute Gasteiger partial charge is 0.496 e. The van der Waals surface area contributed by atoms with E-state index in [9.17, 15) is 19.7 Å². The van der Waals surface area contributed by atoms with Crippen LogP contribution in [0.1, 0.15) is 15.9 Å². The Labute approximate surface area is 155 Å². The third kappa shape index (κ3) is 4.94. The molecule has 0 aromatic heterocycles. The van der Waals surface area contributed by atoms with Crippen molar-refractivity contribution in [3.8, 4) is 11.5 Å². The van der Waals surface area contributed by atoms with Crippen molar-refractivity contribution in [3.63, 3.8) is 0 Å². The molecule has 0 radical (unpaired) electrons. The van der Waals surface area contributed by atoms with E-state index in [1.807, 2.05) is 6.92 Å². The van der Waals surface area contributed by atoms with Crippen LogP contribution in [0.5, 0.6) is 11.5 Å². The second kappa shape index (κ2) is 8.65. The van der Waals surface area contributed by atoms with Gasteiger partial charge >= 0.3 is 5.97 Å². The summed E-state index contributed by atoms with van der Waals surface area (Å²) >= 11 is 0. The van der Waals surface area contributed by atoms with Crippen LogP contribution in [0.2, 0.25) is 0 Å². The van der Waals surface area contributed by atoms with E-state index >= 15 is 0 Å². The highest BCUT2D eigenvalue weighted by Crippen LogP contribution is 2.28. The molecule has 0 saturated carbocycles. The lowest BCUT2D eigenvalue weighted by Gasteiger charge is -2.11. The Hall–Kier alpha value is -3.62. The summed E-state index contributed by atoms with van der Waals surface area (Å²) in [4.78, 5) is 34.4. The van der Waals surface area contributed by atoms with Crippen molar-refractivity contribution < 1.29 is 28.7 Å². The maximum atomic E-state index is 12.1. The molecule has 2 aromatic rings. The smallest absolute Gasteiger partial charge is 0.338 e. The number of carbonyl (C=O) groups excluding carboxylic acids is 2. The van der Waals surface area contributed by atoms with Crippen molar-refractivity contribution >= 4 is 23.3 Å². The molecule has 9 nitrogen and oxygen atoms in total. The molecule has 1 amide bonds. The average Bonchev–Trinajstić information content (AvgIpc) is 2.66. The van der Waals surface area contributed by atoms with Gasteiger partial charge in [-0.2, -0.15) is 0 Å². The highest BCUT2D eigenvalue weighted by Gasteiger charge is 2.16. The minimum Gasteiger partial charge on any atom is -0.496 e. The van der Waals surface area contributed by atoms with Gasteiger partial charge in [-0.15, -0.1) is 0 Å². The number of aryl methyl sites for hydroxylation is 1. The van der Waals surface area contributed by atoms with E-state index in [1.54, 1.807) is 12.1 Å². The number of hydrogen-bond donors (Lipinski definition) is 1. The first-order valence-corrected chi connectivity index (χ1v) is 7.79. The molecular formula is C18H18N2O7. The number of benzene rings is 2. The maximum Gasteiger partial charge on any atom is 0.338 e. The van der Waals surface area contributed by atoms with Gasteiger partial charge in [0.2, 0.25) is 0 Å². The third-order valence-corrected chi connectivity index (χ3v) is 3.65. The second-order valence-corrected chi connectivity index (χ2v) is 5.45. The lowest BCUT2D eigenvalue weighted by molar-refractivity contribution is -0.384.